The lowest BCUT2D eigenvalue weighted by Gasteiger charge is -2.55. The third-order valence-corrected chi connectivity index (χ3v) is 9.34. The molecule has 0 bridgehead atoms. The van der Waals surface area contributed by atoms with Crippen LogP contribution in [0.5, 0.6) is 0 Å². The van der Waals surface area contributed by atoms with Gasteiger partial charge in [0.25, 0.3) is 0 Å². The summed E-state index contributed by atoms with van der Waals surface area (Å²) in [5, 5.41) is 3.20. The van der Waals surface area contributed by atoms with E-state index in [0.29, 0.717) is 18.8 Å². The molecule has 0 saturated heterocycles. The summed E-state index contributed by atoms with van der Waals surface area (Å²) in [4.78, 5) is 37.6. The van der Waals surface area contributed by atoms with Gasteiger partial charge in [-0.2, -0.15) is 0 Å². The lowest BCUT2D eigenvalue weighted by Crippen LogP contribution is -2.57. The maximum absolute atomic E-state index is 13.2. The first kappa shape index (κ1) is 23.1. The number of hydrogen-bond donors (Lipinski definition) is 1. The van der Waals surface area contributed by atoms with Gasteiger partial charge in [0.05, 0.1) is 0 Å². The summed E-state index contributed by atoms with van der Waals surface area (Å²) < 4.78 is 5.98. The third kappa shape index (κ3) is 3.30. The Kier molecular flexibility index (Phi) is 5.57. The molecular formula is C29H35NO4. The van der Waals surface area contributed by atoms with Crippen LogP contribution < -0.4 is 5.32 Å². The summed E-state index contributed by atoms with van der Waals surface area (Å²) in [6.07, 6.45) is 7.40. The normalized spacial score (nSPS) is 34.5. The summed E-state index contributed by atoms with van der Waals surface area (Å²) in [6.45, 7) is 5.21. The van der Waals surface area contributed by atoms with Gasteiger partial charge in [0.1, 0.15) is 0 Å². The molecule has 0 spiro atoms. The highest BCUT2D eigenvalue weighted by Gasteiger charge is 2.67. The summed E-state index contributed by atoms with van der Waals surface area (Å²) in [7, 11) is 1.91. The Hall–Kier alpha value is -2.69. The van der Waals surface area contributed by atoms with Crippen molar-refractivity contribution in [1.29, 1.82) is 0 Å². The van der Waals surface area contributed by atoms with E-state index in [1.54, 1.807) is 6.92 Å². The fourth-order valence-corrected chi connectivity index (χ4v) is 7.89. The Morgan fingerprint density at radius 3 is 2.44 bits per heavy atom. The van der Waals surface area contributed by atoms with Gasteiger partial charge in [-0.25, -0.2) is 0 Å². The number of nitrogens with one attached hydrogen (secondary N) is 1. The molecule has 0 heterocycles. The van der Waals surface area contributed by atoms with Crippen molar-refractivity contribution in [2.45, 2.75) is 77.2 Å². The van der Waals surface area contributed by atoms with Crippen LogP contribution in [0.15, 0.2) is 47.1 Å². The van der Waals surface area contributed by atoms with E-state index >= 15 is 0 Å². The van der Waals surface area contributed by atoms with Crippen molar-refractivity contribution < 1.29 is 19.1 Å². The first-order valence-corrected chi connectivity index (χ1v) is 12.6. The van der Waals surface area contributed by atoms with Gasteiger partial charge in [-0.3, -0.25) is 14.4 Å². The van der Waals surface area contributed by atoms with Crippen LogP contribution in [0.4, 0.5) is 5.69 Å². The summed E-state index contributed by atoms with van der Waals surface area (Å²) >= 11 is 0. The first-order chi connectivity index (χ1) is 16.2. The molecule has 180 valence electrons. The number of hydrogen-bond acceptors (Lipinski definition) is 5. The molecule has 34 heavy (non-hydrogen) atoms. The van der Waals surface area contributed by atoms with E-state index in [2.05, 4.69) is 36.5 Å². The SMILES string of the molecule is CNc1ccc(C2C[C@@]3(C)C(CCC3(OC(C)=O)C(C)=O)C3CCC4=CC(=O)CCC4=C23)cc1. The maximum Gasteiger partial charge on any atom is 0.303 e. The zero-order valence-corrected chi connectivity index (χ0v) is 20.7. The van der Waals surface area contributed by atoms with E-state index in [-0.39, 0.29) is 29.4 Å². The number of carbonyl (C=O) groups excluding carboxylic acids is 3. The number of anilines is 1. The molecule has 4 unspecified atom stereocenters. The van der Waals surface area contributed by atoms with Crippen LogP contribution in [0.25, 0.3) is 0 Å². The van der Waals surface area contributed by atoms with Gasteiger partial charge < -0.3 is 10.1 Å². The Labute approximate surface area is 202 Å². The van der Waals surface area contributed by atoms with Crippen LogP contribution in [-0.2, 0) is 19.1 Å². The molecule has 4 aliphatic rings. The molecule has 5 heteroatoms. The summed E-state index contributed by atoms with van der Waals surface area (Å²) in [6, 6.07) is 8.58. The molecule has 0 aliphatic heterocycles. The van der Waals surface area contributed by atoms with Crippen LogP contribution in [0.1, 0.15) is 77.2 Å². The molecule has 0 radical (unpaired) electrons. The minimum Gasteiger partial charge on any atom is -0.451 e. The van der Waals surface area contributed by atoms with Gasteiger partial charge in [-0.15, -0.1) is 0 Å². The van der Waals surface area contributed by atoms with Crippen LogP contribution in [-0.4, -0.2) is 30.2 Å². The first-order valence-electron chi connectivity index (χ1n) is 12.6. The van der Waals surface area contributed by atoms with Gasteiger partial charge in [0.15, 0.2) is 17.2 Å². The average Bonchev–Trinajstić information content (AvgIpc) is 3.10. The quantitative estimate of drug-likeness (QED) is 0.598. The second kappa shape index (κ2) is 8.21. The number of fused-ring (bicyclic) bond motifs is 4. The van der Waals surface area contributed by atoms with Gasteiger partial charge in [-0.05, 0) is 92.2 Å². The van der Waals surface area contributed by atoms with Gasteiger partial charge in [0, 0.05) is 37.4 Å². The molecule has 4 aliphatic carbocycles. The predicted octanol–water partition coefficient (Wildman–Crippen LogP) is 5.52. The number of benzene rings is 1. The van der Waals surface area contributed by atoms with E-state index in [0.717, 1.165) is 37.8 Å². The van der Waals surface area contributed by atoms with Crippen molar-refractivity contribution in [3.63, 3.8) is 0 Å². The lowest BCUT2D eigenvalue weighted by atomic mass is 9.50. The Morgan fingerprint density at radius 1 is 1.06 bits per heavy atom. The number of allylic oxidation sites excluding steroid dienone is 4. The van der Waals surface area contributed by atoms with Gasteiger partial charge >= 0.3 is 5.97 Å². The third-order valence-electron chi connectivity index (χ3n) is 9.34. The Bertz CT molecular complexity index is 1110. The van der Waals surface area contributed by atoms with E-state index in [1.165, 1.54) is 29.2 Å². The summed E-state index contributed by atoms with van der Waals surface area (Å²) in [5.74, 6) is 0.579. The van der Waals surface area contributed by atoms with Crippen molar-refractivity contribution in [3.05, 3.63) is 52.6 Å². The zero-order chi connectivity index (χ0) is 24.3. The molecule has 2 saturated carbocycles. The highest BCUT2D eigenvalue weighted by Crippen LogP contribution is 2.67. The number of ketones is 2. The molecular weight excluding hydrogens is 426 g/mol. The molecule has 2 fully saturated rings. The standard InChI is InChI=1S/C29H35NO4/c1-17(31)29(34-18(2)32)14-13-26-24-11-7-20-15-22(33)10-12-23(20)27(24)25(16-28(26,29)3)19-5-8-21(30-4)9-6-19/h5-6,8-9,15,24-26,30H,7,10-14,16H2,1-4H3/t24?,25?,26?,28-,29?/m0/s1. The predicted molar refractivity (Wildman–Crippen MR) is 131 cm³/mol. The second-order valence-corrected chi connectivity index (χ2v) is 10.9. The molecule has 1 aromatic carbocycles. The van der Waals surface area contributed by atoms with Gasteiger partial charge in [-0.1, -0.05) is 24.6 Å². The number of ether oxygens (including phenoxy) is 1. The molecule has 5 atom stereocenters. The van der Waals surface area contributed by atoms with Crippen LogP contribution in [0.2, 0.25) is 0 Å². The van der Waals surface area contributed by atoms with Crippen LogP contribution in [0.3, 0.4) is 0 Å². The molecule has 0 amide bonds. The van der Waals surface area contributed by atoms with E-state index in [1.807, 2.05) is 13.1 Å². The van der Waals surface area contributed by atoms with Gasteiger partial charge in [0.2, 0.25) is 0 Å². The minimum atomic E-state index is -1.07. The molecule has 1 aromatic rings. The smallest absolute Gasteiger partial charge is 0.303 e. The van der Waals surface area contributed by atoms with Crippen molar-refractivity contribution in [2.75, 3.05) is 12.4 Å². The second-order valence-electron chi connectivity index (χ2n) is 10.9. The minimum absolute atomic E-state index is 0.0345. The fourth-order valence-electron chi connectivity index (χ4n) is 7.89. The van der Waals surface area contributed by atoms with Crippen molar-refractivity contribution in [2.24, 2.45) is 17.3 Å². The summed E-state index contributed by atoms with van der Waals surface area (Å²) in [5.41, 5.74) is 4.87. The van der Waals surface area contributed by atoms with E-state index < -0.39 is 11.0 Å². The number of esters is 1. The number of Topliss-reactive ketones (excluding diaryl/α,β-unsaturated/α-hetero) is 1. The van der Waals surface area contributed by atoms with Crippen LogP contribution in [0, 0.1) is 17.3 Å². The molecule has 5 rings (SSSR count). The maximum atomic E-state index is 13.2. The fraction of sp³-hybridized carbons (Fsp3) is 0.552. The number of rotatable bonds is 4. The molecule has 0 aromatic heterocycles. The highest BCUT2D eigenvalue weighted by molar-refractivity contribution is 5.93. The highest BCUT2D eigenvalue weighted by atomic mass is 16.6. The van der Waals surface area contributed by atoms with Crippen molar-refractivity contribution in [1.82, 2.24) is 0 Å². The molecule has 5 nitrogen and oxygen atoms in total. The van der Waals surface area contributed by atoms with Crippen molar-refractivity contribution in [3.8, 4) is 0 Å². The monoisotopic (exact) mass is 461 g/mol. The lowest BCUT2D eigenvalue weighted by molar-refractivity contribution is -0.182. The Morgan fingerprint density at radius 2 is 1.79 bits per heavy atom. The molecule has 1 N–H and O–H groups in total. The number of carbonyl (C=O) groups is 3. The average molecular weight is 462 g/mol. The largest absolute Gasteiger partial charge is 0.451 e. The van der Waals surface area contributed by atoms with Crippen LogP contribution >= 0.6 is 0 Å². The topological polar surface area (TPSA) is 72.5 Å². The zero-order valence-electron chi connectivity index (χ0n) is 20.7. The Balaban J connectivity index is 1.69. The van der Waals surface area contributed by atoms with E-state index in [4.69, 9.17) is 4.74 Å². The van der Waals surface area contributed by atoms with E-state index in [9.17, 15) is 14.4 Å². The van der Waals surface area contributed by atoms with Crippen molar-refractivity contribution >= 4 is 23.2 Å².